The molecule has 2 fully saturated rings. The van der Waals surface area contributed by atoms with Crippen LogP contribution in [0.2, 0.25) is 0 Å². The van der Waals surface area contributed by atoms with E-state index in [0.717, 1.165) is 6.42 Å². The Kier molecular flexibility index (Phi) is 4.48. The van der Waals surface area contributed by atoms with Gasteiger partial charge in [-0.2, -0.15) is 4.31 Å². The van der Waals surface area contributed by atoms with Gasteiger partial charge in [0.15, 0.2) is 5.78 Å². The van der Waals surface area contributed by atoms with Crippen molar-refractivity contribution in [3.63, 3.8) is 0 Å². The van der Waals surface area contributed by atoms with Gasteiger partial charge in [0, 0.05) is 37.7 Å². The molecule has 0 spiro atoms. The summed E-state index contributed by atoms with van der Waals surface area (Å²) in [5.41, 5.74) is 0.382. The van der Waals surface area contributed by atoms with E-state index >= 15 is 0 Å². The number of piperazine rings is 1. The highest BCUT2D eigenvalue weighted by Gasteiger charge is 2.42. The molecule has 130 valence electrons. The zero-order valence-corrected chi connectivity index (χ0v) is 14.8. The predicted octanol–water partition coefficient (Wildman–Crippen LogP) is 1.38. The van der Waals surface area contributed by atoms with Gasteiger partial charge in [-0.05, 0) is 31.4 Å². The summed E-state index contributed by atoms with van der Waals surface area (Å²) in [6.45, 7) is 4.90. The zero-order valence-electron chi connectivity index (χ0n) is 13.9. The van der Waals surface area contributed by atoms with Crippen LogP contribution in [0.25, 0.3) is 0 Å². The van der Waals surface area contributed by atoms with Crippen LogP contribution in [0.5, 0.6) is 0 Å². The molecule has 1 saturated heterocycles. The van der Waals surface area contributed by atoms with Crippen molar-refractivity contribution in [3.8, 4) is 0 Å². The molecule has 7 heteroatoms. The molecule has 1 aliphatic heterocycles. The van der Waals surface area contributed by atoms with Crippen molar-refractivity contribution in [3.05, 3.63) is 29.8 Å². The van der Waals surface area contributed by atoms with Gasteiger partial charge in [-0.15, -0.1) is 0 Å². The molecule has 0 aromatic heterocycles. The van der Waals surface area contributed by atoms with Crippen LogP contribution < -0.4 is 0 Å². The Labute approximate surface area is 142 Å². The SMILES string of the molecule is CC(=O)c1cccc(S(=O)(=O)N2CCN(C(=O)C3CC3C)CC2)c1. The largest absolute Gasteiger partial charge is 0.340 e. The van der Waals surface area contributed by atoms with Crippen LogP contribution in [0, 0.1) is 11.8 Å². The third kappa shape index (κ3) is 3.23. The Bertz CT molecular complexity index is 767. The standard InChI is InChI=1S/C17H22N2O4S/c1-12-10-16(12)17(21)18-6-8-19(9-7-18)24(22,23)15-5-3-4-14(11-15)13(2)20/h3-5,11-12,16H,6-10H2,1-2H3. The first-order chi connectivity index (χ1) is 11.3. The summed E-state index contributed by atoms with van der Waals surface area (Å²) >= 11 is 0. The van der Waals surface area contributed by atoms with E-state index in [1.807, 2.05) is 0 Å². The molecule has 1 aromatic carbocycles. The van der Waals surface area contributed by atoms with Crippen molar-refractivity contribution < 1.29 is 18.0 Å². The maximum absolute atomic E-state index is 12.7. The molecule has 2 unspecified atom stereocenters. The van der Waals surface area contributed by atoms with Gasteiger partial charge < -0.3 is 4.90 Å². The minimum Gasteiger partial charge on any atom is -0.340 e. The van der Waals surface area contributed by atoms with Crippen LogP contribution in [-0.2, 0) is 14.8 Å². The first kappa shape index (κ1) is 17.1. The Balaban J connectivity index is 1.70. The van der Waals surface area contributed by atoms with Crippen molar-refractivity contribution in [1.29, 1.82) is 0 Å². The van der Waals surface area contributed by atoms with Crippen LogP contribution in [0.4, 0.5) is 0 Å². The summed E-state index contributed by atoms with van der Waals surface area (Å²) in [5.74, 6) is 0.563. The third-order valence-electron chi connectivity index (χ3n) is 4.86. The van der Waals surface area contributed by atoms with Crippen LogP contribution >= 0.6 is 0 Å². The van der Waals surface area contributed by atoms with Gasteiger partial charge >= 0.3 is 0 Å². The van der Waals surface area contributed by atoms with Gasteiger partial charge in [0.05, 0.1) is 4.90 Å². The minimum absolute atomic E-state index is 0.125. The lowest BCUT2D eigenvalue weighted by atomic mass is 10.2. The van der Waals surface area contributed by atoms with Gasteiger partial charge in [0.25, 0.3) is 0 Å². The molecular weight excluding hydrogens is 328 g/mol. The second-order valence-electron chi connectivity index (χ2n) is 6.63. The number of benzene rings is 1. The van der Waals surface area contributed by atoms with Crippen molar-refractivity contribution >= 4 is 21.7 Å². The van der Waals surface area contributed by atoms with Gasteiger partial charge in [-0.3, -0.25) is 9.59 Å². The Hall–Kier alpha value is -1.73. The molecule has 0 N–H and O–H groups in total. The molecule has 3 rings (SSSR count). The fourth-order valence-corrected chi connectivity index (χ4v) is 4.54. The van der Waals surface area contributed by atoms with Crippen molar-refractivity contribution in [2.45, 2.75) is 25.2 Å². The summed E-state index contributed by atoms with van der Waals surface area (Å²) < 4.78 is 26.9. The minimum atomic E-state index is -3.64. The number of hydrogen-bond acceptors (Lipinski definition) is 4. The van der Waals surface area contributed by atoms with E-state index in [-0.39, 0.29) is 22.5 Å². The number of rotatable bonds is 4. The fourth-order valence-electron chi connectivity index (χ4n) is 3.07. The highest BCUT2D eigenvalue weighted by atomic mass is 32.2. The molecule has 2 aliphatic rings. The molecule has 0 bridgehead atoms. The van der Waals surface area contributed by atoms with Crippen LogP contribution in [0.3, 0.4) is 0 Å². The highest BCUT2D eigenvalue weighted by Crippen LogP contribution is 2.39. The first-order valence-corrected chi connectivity index (χ1v) is 9.64. The van der Waals surface area contributed by atoms with E-state index in [1.165, 1.54) is 23.4 Å². The monoisotopic (exact) mass is 350 g/mol. The first-order valence-electron chi connectivity index (χ1n) is 8.20. The Morgan fingerprint density at radius 3 is 2.29 bits per heavy atom. The molecule has 2 atom stereocenters. The predicted molar refractivity (Wildman–Crippen MR) is 89.1 cm³/mol. The summed E-state index contributed by atoms with van der Waals surface area (Å²) in [7, 11) is -3.64. The number of sulfonamides is 1. The number of carbonyl (C=O) groups is 2. The van der Waals surface area contributed by atoms with Crippen molar-refractivity contribution in [1.82, 2.24) is 9.21 Å². The lowest BCUT2D eigenvalue weighted by molar-refractivity contribution is -0.134. The summed E-state index contributed by atoms with van der Waals surface area (Å²) in [4.78, 5) is 25.6. The molecule has 1 saturated carbocycles. The molecule has 0 radical (unpaired) electrons. The van der Waals surface area contributed by atoms with E-state index in [4.69, 9.17) is 0 Å². The van der Waals surface area contributed by atoms with E-state index in [0.29, 0.717) is 37.7 Å². The maximum Gasteiger partial charge on any atom is 0.243 e. The smallest absolute Gasteiger partial charge is 0.243 e. The summed E-state index contributed by atoms with van der Waals surface area (Å²) in [6, 6.07) is 6.11. The second-order valence-corrected chi connectivity index (χ2v) is 8.57. The number of nitrogens with zero attached hydrogens (tertiary/aromatic N) is 2. The topological polar surface area (TPSA) is 74.8 Å². The van der Waals surface area contributed by atoms with Crippen LogP contribution in [-0.4, -0.2) is 55.5 Å². The lowest BCUT2D eigenvalue weighted by Gasteiger charge is -2.34. The van der Waals surface area contributed by atoms with Crippen molar-refractivity contribution in [2.24, 2.45) is 11.8 Å². The normalized spacial score (nSPS) is 24.7. The third-order valence-corrected chi connectivity index (χ3v) is 6.75. The lowest BCUT2D eigenvalue weighted by Crippen LogP contribution is -2.51. The molecule has 1 aliphatic carbocycles. The van der Waals surface area contributed by atoms with Gasteiger partial charge in [-0.1, -0.05) is 19.1 Å². The van der Waals surface area contributed by atoms with E-state index in [9.17, 15) is 18.0 Å². The maximum atomic E-state index is 12.7. The quantitative estimate of drug-likeness (QED) is 0.769. The fraction of sp³-hybridized carbons (Fsp3) is 0.529. The number of ketones is 1. The number of Topliss-reactive ketones (excluding diaryl/α,β-unsaturated/α-hetero) is 1. The molecule has 6 nitrogen and oxygen atoms in total. The second kappa shape index (κ2) is 6.29. The molecule has 1 aromatic rings. The van der Waals surface area contributed by atoms with Crippen molar-refractivity contribution in [2.75, 3.05) is 26.2 Å². The number of carbonyl (C=O) groups excluding carboxylic acids is 2. The number of hydrogen-bond donors (Lipinski definition) is 0. The molecule has 1 amide bonds. The summed E-state index contributed by atoms with van der Waals surface area (Å²) in [6.07, 6.45) is 0.940. The number of amides is 1. The van der Waals surface area contributed by atoms with Gasteiger partial charge in [0.1, 0.15) is 0 Å². The highest BCUT2D eigenvalue weighted by molar-refractivity contribution is 7.89. The average molecular weight is 350 g/mol. The van der Waals surface area contributed by atoms with E-state index < -0.39 is 10.0 Å². The van der Waals surface area contributed by atoms with E-state index in [1.54, 1.807) is 17.0 Å². The zero-order chi connectivity index (χ0) is 17.5. The molecule has 1 heterocycles. The average Bonchev–Trinajstić information content (AvgIpc) is 3.31. The van der Waals surface area contributed by atoms with Crippen LogP contribution in [0.1, 0.15) is 30.6 Å². The Morgan fingerprint density at radius 2 is 1.75 bits per heavy atom. The molecule has 24 heavy (non-hydrogen) atoms. The Morgan fingerprint density at radius 1 is 1.12 bits per heavy atom. The molecular formula is C17H22N2O4S. The van der Waals surface area contributed by atoms with Gasteiger partial charge in [-0.25, -0.2) is 8.42 Å². The van der Waals surface area contributed by atoms with E-state index in [2.05, 4.69) is 6.92 Å². The van der Waals surface area contributed by atoms with Gasteiger partial charge in [0.2, 0.25) is 15.9 Å². The van der Waals surface area contributed by atoms with Crippen LogP contribution in [0.15, 0.2) is 29.2 Å². The summed E-state index contributed by atoms with van der Waals surface area (Å²) in [5, 5.41) is 0.